The summed E-state index contributed by atoms with van der Waals surface area (Å²) in [5, 5.41) is 11.1. The van der Waals surface area contributed by atoms with E-state index in [1.807, 2.05) is 0 Å². The number of nitrogens with one attached hydrogen (secondary N) is 1. The van der Waals surface area contributed by atoms with Crippen molar-refractivity contribution in [2.24, 2.45) is 0 Å². The molecule has 0 unspecified atom stereocenters. The molecule has 102 valence electrons. The van der Waals surface area contributed by atoms with Crippen molar-refractivity contribution in [1.82, 2.24) is 10.2 Å². The van der Waals surface area contributed by atoms with Gasteiger partial charge in [0.1, 0.15) is 12.4 Å². The lowest BCUT2D eigenvalue weighted by Gasteiger charge is -2.15. The first-order valence-corrected chi connectivity index (χ1v) is 5.83. The van der Waals surface area contributed by atoms with Crippen LogP contribution in [0.3, 0.4) is 0 Å². The smallest absolute Gasteiger partial charge is 0.233 e. The van der Waals surface area contributed by atoms with E-state index in [-0.39, 0.29) is 24.9 Å². The van der Waals surface area contributed by atoms with Crippen molar-refractivity contribution in [1.29, 1.82) is 0 Å². The van der Waals surface area contributed by atoms with Crippen molar-refractivity contribution in [3.8, 4) is 11.8 Å². The molecule has 1 rings (SSSR count). The topological polar surface area (TPSA) is 52.6 Å². The predicted octanol–water partition coefficient (Wildman–Crippen LogP) is 0.347. The van der Waals surface area contributed by atoms with Crippen LogP contribution in [0.4, 0.5) is 4.39 Å². The number of benzene rings is 1. The summed E-state index contributed by atoms with van der Waals surface area (Å²) in [4.78, 5) is 13.0. The van der Waals surface area contributed by atoms with Gasteiger partial charge in [-0.15, -0.1) is 0 Å². The van der Waals surface area contributed by atoms with Crippen LogP contribution in [-0.4, -0.2) is 43.2 Å². The van der Waals surface area contributed by atoms with Gasteiger partial charge in [-0.1, -0.05) is 11.8 Å². The summed E-state index contributed by atoms with van der Waals surface area (Å²) in [6, 6.07) is 4.46. The van der Waals surface area contributed by atoms with Crippen LogP contribution in [0.15, 0.2) is 18.2 Å². The lowest BCUT2D eigenvalue weighted by Crippen LogP contribution is -2.32. The number of hydrogen-bond donors (Lipinski definition) is 2. The maximum Gasteiger partial charge on any atom is 0.233 e. The van der Waals surface area contributed by atoms with E-state index in [4.69, 9.17) is 5.11 Å². The van der Waals surface area contributed by atoms with Gasteiger partial charge < -0.3 is 10.4 Å². The van der Waals surface area contributed by atoms with Gasteiger partial charge in [0.15, 0.2) is 0 Å². The average Bonchev–Trinajstić information content (AvgIpc) is 2.35. The highest BCUT2D eigenvalue weighted by Gasteiger charge is 2.07. The zero-order valence-electron chi connectivity index (χ0n) is 11.0. The summed E-state index contributed by atoms with van der Waals surface area (Å²) in [5.74, 6) is 4.66. The zero-order valence-corrected chi connectivity index (χ0v) is 11.0. The molecule has 0 spiro atoms. The Bertz CT molecular complexity index is 506. The summed E-state index contributed by atoms with van der Waals surface area (Å²) in [6.45, 7) is 0.423. The number of amides is 1. The van der Waals surface area contributed by atoms with E-state index in [1.165, 1.54) is 12.1 Å². The van der Waals surface area contributed by atoms with Crippen molar-refractivity contribution in [2.45, 2.75) is 6.54 Å². The number of aliphatic hydroxyl groups is 1. The molecule has 0 aliphatic heterocycles. The van der Waals surface area contributed by atoms with Crippen LogP contribution >= 0.6 is 0 Å². The lowest BCUT2D eigenvalue weighted by molar-refractivity contribution is -0.121. The molecule has 4 nitrogen and oxygen atoms in total. The predicted molar refractivity (Wildman–Crippen MR) is 70.8 cm³/mol. The third-order valence-electron chi connectivity index (χ3n) is 2.41. The zero-order chi connectivity index (χ0) is 14.3. The van der Waals surface area contributed by atoms with Gasteiger partial charge in [-0.25, -0.2) is 4.39 Å². The average molecular weight is 264 g/mol. The molecule has 2 N–H and O–H groups in total. The Morgan fingerprint density at radius 1 is 1.47 bits per heavy atom. The number of hydrogen-bond acceptors (Lipinski definition) is 3. The number of carbonyl (C=O) groups excluding carboxylic acids is 1. The van der Waals surface area contributed by atoms with Crippen LogP contribution < -0.4 is 5.32 Å². The third kappa shape index (κ3) is 5.51. The van der Waals surface area contributed by atoms with Gasteiger partial charge in [0.2, 0.25) is 5.91 Å². The minimum absolute atomic E-state index is 0.0980. The SMILES string of the molecule is CNC(=O)CN(C)Cc1cc(F)cc(C#CCO)c1. The molecule has 0 saturated carbocycles. The van der Waals surface area contributed by atoms with Gasteiger partial charge in [-0.3, -0.25) is 9.69 Å². The molecule has 0 aromatic heterocycles. The molecular formula is C14H17FN2O2. The molecule has 1 aromatic rings. The van der Waals surface area contributed by atoms with Crippen molar-refractivity contribution >= 4 is 5.91 Å². The minimum Gasteiger partial charge on any atom is -0.384 e. The summed E-state index contributed by atoms with van der Waals surface area (Å²) in [5.41, 5.74) is 1.24. The van der Waals surface area contributed by atoms with Crippen LogP contribution in [0.5, 0.6) is 0 Å². The van der Waals surface area contributed by atoms with Crippen molar-refractivity contribution in [3.05, 3.63) is 35.1 Å². The Hall–Kier alpha value is -1.90. The largest absolute Gasteiger partial charge is 0.384 e. The highest BCUT2D eigenvalue weighted by Crippen LogP contribution is 2.10. The first kappa shape index (κ1) is 15.2. The first-order valence-electron chi connectivity index (χ1n) is 5.83. The Balaban J connectivity index is 2.77. The second kappa shape index (κ2) is 7.52. The molecule has 1 aromatic carbocycles. The summed E-state index contributed by atoms with van der Waals surface area (Å²) in [7, 11) is 3.35. The number of nitrogens with zero attached hydrogens (tertiary/aromatic N) is 1. The molecule has 0 atom stereocenters. The number of halogens is 1. The fraction of sp³-hybridized carbons (Fsp3) is 0.357. The van der Waals surface area contributed by atoms with E-state index < -0.39 is 0 Å². The van der Waals surface area contributed by atoms with Gasteiger partial charge in [-0.2, -0.15) is 0 Å². The molecule has 19 heavy (non-hydrogen) atoms. The molecule has 0 aliphatic carbocycles. The van der Waals surface area contributed by atoms with Crippen molar-refractivity contribution < 1.29 is 14.3 Å². The Morgan fingerprint density at radius 2 is 2.21 bits per heavy atom. The highest BCUT2D eigenvalue weighted by atomic mass is 19.1. The fourth-order valence-corrected chi connectivity index (χ4v) is 1.65. The van der Waals surface area contributed by atoms with Gasteiger partial charge in [0.05, 0.1) is 6.54 Å². The third-order valence-corrected chi connectivity index (χ3v) is 2.41. The second-order valence-electron chi connectivity index (χ2n) is 4.15. The Kier molecular flexibility index (Phi) is 6.00. The van der Waals surface area contributed by atoms with Gasteiger partial charge in [0.25, 0.3) is 0 Å². The second-order valence-corrected chi connectivity index (χ2v) is 4.15. The molecule has 0 aliphatic rings. The number of carbonyl (C=O) groups is 1. The molecule has 0 bridgehead atoms. The molecule has 0 saturated heterocycles. The Labute approximate surface area is 112 Å². The van der Waals surface area contributed by atoms with Crippen molar-refractivity contribution in [2.75, 3.05) is 27.2 Å². The number of rotatable bonds is 4. The van der Waals surface area contributed by atoms with Crippen LogP contribution in [0.2, 0.25) is 0 Å². The van der Waals surface area contributed by atoms with Gasteiger partial charge >= 0.3 is 0 Å². The normalized spacial score (nSPS) is 9.95. The lowest BCUT2D eigenvalue weighted by atomic mass is 10.1. The number of aliphatic hydroxyl groups excluding tert-OH is 1. The van der Waals surface area contributed by atoms with E-state index in [1.54, 1.807) is 25.1 Å². The summed E-state index contributed by atoms with van der Waals surface area (Å²) in [6.07, 6.45) is 0. The molecule has 5 heteroatoms. The molecular weight excluding hydrogens is 247 g/mol. The molecule has 0 heterocycles. The van der Waals surface area contributed by atoms with Crippen LogP contribution in [0.25, 0.3) is 0 Å². The molecule has 0 radical (unpaired) electrons. The fourth-order valence-electron chi connectivity index (χ4n) is 1.65. The van der Waals surface area contributed by atoms with E-state index >= 15 is 0 Å². The van der Waals surface area contributed by atoms with E-state index in [9.17, 15) is 9.18 Å². The van der Waals surface area contributed by atoms with Crippen molar-refractivity contribution in [3.63, 3.8) is 0 Å². The summed E-state index contributed by atoms with van der Waals surface area (Å²) >= 11 is 0. The summed E-state index contributed by atoms with van der Waals surface area (Å²) < 4.78 is 13.4. The van der Waals surface area contributed by atoms with E-state index in [0.29, 0.717) is 12.1 Å². The maximum absolute atomic E-state index is 13.4. The van der Waals surface area contributed by atoms with Gasteiger partial charge in [0, 0.05) is 19.2 Å². The van der Waals surface area contributed by atoms with Crippen LogP contribution in [-0.2, 0) is 11.3 Å². The number of likely N-dealkylation sites (N-methyl/N-ethyl adjacent to an activating group) is 2. The standard InChI is InChI=1S/C14H17FN2O2/c1-16-14(19)10-17(2)9-12-6-11(4-3-5-18)7-13(15)8-12/h6-8,18H,5,9-10H2,1-2H3,(H,16,19). The Morgan fingerprint density at radius 3 is 2.84 bits per heavy atom. The monoisotopic (exact) mass is 264 g/mol. The van der Waals surface area contributed by atoms with Crippen LogP contribution in [0.1, 0.15) is 11.1 Å². The maximum atomic E-state index is 13.4. The van der Waals surface area contributed by atoms with Gasteiger partial charge in [-0.05, 0) is 30.8 Å². The van der Waals surface area contributed by atoms with E-state index in [2.05, 4.69) is 17.2 Å². The minimum atomic E-state index is -0.381. The highest BCUT2D eigenvalue weighted by molar-refractivity contribution is 5.77. The van der Waals surface area contributed by atoms with E-state index in [0.717, 1.165) is 5.56 Å². The molecule has 1 amide bonds. The quantitative estimate of drug-likeness (QED) is 0.771. The first-order chi connectivity index (χ1) is 9.05. The molecule has 0 fully saturated rings. The van der Waals surface area contributed by atoms with Crippen LogP contribution in [0, 0.1) is 17.7 Å².